The summed E-state index contributed by atoms with van der Waals surface area (Å²) < 4.78 is 30.2. The Kier molecular flexibility index (Phi) is 4.90. The topological polar surface area (TPSA) is 101 Å². The SMILES string of the molecule is COC(=O)c1scc(C)c1S(=O)(=O)N(C)C(C)C(=O)O. The molecule has 0 aliphatic heterocycles. The zero-order chi connectivity index (χ0) is 15.7. The van der Waals surface area contributed by atoms with Crippen molar-refractivity contribution in [2.24, 2.45) is 0 Å². The van der Waals surface area contributed by atoms with E-state index in [9.17, 15) is 18.0 Å². The lowest BCUT2D eigenvalue weighted by Gasteiger charge is -2.21. The monoisotopic (exact) mass is 321 g/mol. The van der Waals surface area contributed by atoms with Crippen LogP contribution in [0.4, 0.5) is 0 Å². The molecule has 0 spiro atoms. The molecule has 0 saturated carbocycles. The number of methoxy groups -OCH3 is 1. The van der Waals surface area contributed by atoms with Gasteiger partial charge >= 0.3 is 11.9 Å². The first-order valence-electron chi connectivity index (χ1n) is 5.51. The number of carboxylic acids is 1. The number of thiophene rings is 1. The Morgan fingerprint density at radius 2 is 2.00 bits per heavy atom. The first kappa shape index (κ1) is 16.6. The van der Waals surface area contributed by atoms with Gasteiger partial charge in [0.05, 0.1) is 7.11 Å². The molecule has 0 radical (unpaired) electrons. The standard InChI is InChI=1S/C11H15NO6S2/c1-6-5-19-8(11(15)18-4)9(6)20(16,17)12(3)7(2)10(13)14/h5,7H,1-4H3,(H,13,14). The Bertz CT molecular complexity index is 633. The molecular weight excluding hydrogens is 306 g/mol. The van der Waals surface area contributed by atoms with Gasteiger partial charge in [0.15, 0.2) is 0 Å². The van der Waals surface area contributed by atoms with Gasteiger partial charge in [-0.05, 0) is 24.8 Å². The largest absolute Gasteiger partial charge is 0.480 e. The van der Waals surface area contributed by atoms with E-state index in [0.717, 1.165) is 29.8 Å². The maximum Gasteiger partial charge on any atom is 0.349 e. The molecule has 0 aromatic carbocycles. The minimum Gasteiger partial charge on any atom is -0.480 e. The van der Waals surface area contributed by atoms with E-state index in [2.05, 4.69) is 4.74 Å². The fourth-order valence-corrected chi connectivity index (χ4v) is 4.47. The fourth-order valence-electron chi connectivity index (χ4n) is 1.50. The van der Waals surface area contributed by atoms with Crippen molar-refractivity contribution in [2.75, 3.05) is 14.2 Å². The van der Waals surface area contributed by atoms with Crippen LogP contribution in [0, 0.1) is 6.92 Å². The van der Waals surface area contributed by atoms with Crippen molar-refractivity contribution in [1.82, 2.24) is 4.31 Å². The molecule has 0 amide bonds. The number of carboxylic acid groups (broad SMARTS) is 1. The molecule has 9 heteroatoms. The Labute approximate surface area is 120 Å². The van der Waals surface area contributed by atoms with Crippen LogP contribution >= 0.6 is 11.3 Å². The van der Waals surface area contributed by atoms with Crippen LogP contribution in [0.3, 0.4) is 0 Å². The number of rotatable bonds is 5. The van der Waals surface area contributed by atoms with E-state index in [0.29, 0.717) is 5.56 Å². The number of esters is 1. The molecule has 1 heterocycles. The first-order valence-corrected chi connectivity index (χ1v) is 7.83. The van der Waals surface area contributed by atoms with Crippen molar-refractivity contribution >= 4 is 33.3 Å². The molecule has 0 saturated heterocycles. The summed E-state index contributed by atoms with van der Waals surface area (Å²) >= 11 is 0.945. The minimum atomic E-state index is -4.09. The molecule has 0 aliphatic rings. The highest BCUT2D eigenvalue weighted by atomic mass is 32.2. The van der Waals surface area contributed by atoms with Crippen molar-refractivity contribution < 1.29 is 27.9 Å². The highest BCUT2D eigenvalue weighted by Crippen LogP contribution is 2.30. The van der Waals surface area contributed by atoms with E-state index in [1.807, 2.05) is 0 Å². The average Bonchev–Trinajstić information content (AvgIpc) is 2.78. The molecule has 1 unspecified atom stereocenters. The van der Waals surface area contributed by atoms with Crippen LogP contribution in [0.1, 0.15) is 22.2 Å². The number of nitrogens with zero attached hydrogens (tertiary/aromatic N) is 1. The fraction of sp³-hybridized carbons (Fsp3) is 0.455. The van der Waals surface area contributed by atoms with E-state index in [1.54, 1.807) is 0 Å². The van der Waals surface area contributed by atoms with Gasteiger partial charge in [-0.25, -0.2) is 13.2 Å². The number of ether oxygens (including phenoxy) is 1. The van der Waals surface area contributed by atoms with Gasteiger partial charge in [-0.3, -0.25) is 4.79 Å². The van der Waals surface area contributed by atoms with Crippen molar-refractivity contribution in [3.05, 3.63) is 15.8 Å². The lowest BCUT2D eigenvalue weighted by molar-refractivity contribution is -0.140. The Balaban J connectivity index is 3.40. The predicted molar refractivity (Wildman–Crippen MR) is 72.4 cm³/mol. The summed E-state index contributed by atoms with van der Waals surface area (Å²) in [6.07, 6.45) is 0. The zero-order valence-corrected chi connectivity index (χ0v) is 13.0. The summed E-state index contributed by atoms with van der Waals surface area (Å²) in [5, 5.41) is 10.4. The lowest BCUT2D eigenvalue weighted by Crippen LogP contribution is -2.40. The molecule has 20 heavy (non-hydrogen) atoms. The van der Waals surface area contributed by atoms with Crippen LogP contribution < -0.4 is 0 Å². The highest BCUT2D eigenvalue weighted by Gasteiger charge is 2.35. The average molecular weight is 321 g/mol. The molecule has 1 aromatic heterocycles. The molecule has 1 N–H and O–H groups in total. The number of aryl methyl sites for hydroxylation is 1. The minimum absolute atomic E-state index is 0.0607. The van der Waals surface area contributed by atoms with Gasteiger partial charge in [0.2, 0.25) is 10.0 Å². The van der Waals surface area contributed by atoms with Gasteiger partial charge in [0.1, 0.15) is 15.8 Å². The predicted octanol–water partition coefficient (Wildman–Crippen LogP) is 0.937. The lowest BCUT2D eigenvalue weighted by atomic mass is 10.3. The van der Waals surface area contributed by atoms with Crippen LogP contribution in [-0.2, 0) is 19.6 Å². The summed E-state index contributed by atoms with van der Waals surface area (Å²) in [7, 11) is -1.79. The van der Waals surface area contributed by atoms with Gasteiger partial charge in [-0.2, -0.15) is 4.31 Å². The number of aliphatic carboxylic acids is 1. The summed E-state index contributed by atoms with van der Waals surface area (Å²) in [6, 6.07) is -1.25. The third-order valence-electron chi connectivity index (χ3n) is 2.83. The van der Waals surface area contributed by atoms with Crippen LogP contribution in [-0.4, -0.2) is 50.0 Å². The summed E-state index contributed by atoms with van der Waals surface area (Å²) in [6.45, 7) is 2.79. The molecule has 0 fully saturated rings. The molecule has 1 aromatic rings. The van der Waals surface area contributed by atoms with Gasteiger partial charge in [-0.1, -0.05) is 0 Å². The second kappa shape index (κ2) is 5.90. The molecule has 112 valence electrons. The number of hydrogen-bond donors (Lipinski definition) is 1. The van der Waals surface area contributed by atoms with Gasteiger partial charge in [-0.15, -0.1) is 11.3 Å². The molecule has 0 bridgehead atoms. The summed E-state index contributed by atoms with van der Waals surface area (Å²) in [4.78, 5) is 22.3. The molecule has 1 rings (SSSR count). The maximum absolute atomic E-state index is 12.5. The number of sulfonamides is 1. The van der Waals surface area contributed by atoms with Crippen molar-refractivity contribution in [1.29, 1.82) is 0 Å². The van der Waals surface area contributed by atoms with E-state index in [1.165, 1.54) is 19.2 Å². The Morgan fingerprint density at radius 3 is 2.45 bits per heavy atom. The molecule has 7 nitrogen and oxygen atoms in total. The number of carbonyl (C=O) groups excluding carboxylic acids is 1. The number of likely N-dealkylation sites (N-methyl/N-ethyl adjacent to an activating group) is 1. The Morgan fingerprint density at radius 1 is 1.45 bits per heavy atom. The molecule has 1 atom stereocenters. The van der Waals surface area contributed by atoms with Gasteiger partial charge in [0.25, 0.3) is 0 Å². The summed E-state index contributed by atoms with van der Waals surface area (Å²) in [5.41, 5.74) is 0.375. The second-order valence-corrected chi connectivity index (χ2v) is 6.92. The summed E-state index contributed by atoms with van der Waals surface area (Å²) in [5.74, 6) is -2.04. The normalized spacial score (nSPS) is 13.2. The smallest absolute Gasteiger partial charge is 0.349 e. The van der Waals surface area contributed by atoms with Crippen molar-refractivity contribution in [2.45, 2.75) is 24.8 Å². The van der Waals surface area contributed by atoms with Gasteiger partial charge < -0.3 is 9.84 Å². The second-order valence-electron chi connectivity index (χ2n) is 4.10. The van der Waals surface area contributed by atoms with Crippen LogP contribution in [0.2, 0.25) is 0 Å². The van der Waals surface area contributed by atoms with E-state index >= 15 is 0 Å². The Hall–Kier alpha value is -1.45. The first-order chi connectivity index (χ1) is 9.14. The van der Waals surface area contributed by atoms with E-state index in [-0.39, 0.29) is 9.77 Å². The number of hydrogen-bond acceptors (Lipinski definition) is 6. The third-order valence-corrected chi connectivity index (χ3v) is 6.15. The van der Waals surface area contributed by atoms with Gasteiger partial charge in [0, 0.05) is 7.05 Å². The number of carbonyl (C=O) groups is 2. The van der Waals surface area contributed by atoms with Crippen molar-refractivity contribution in [3.63, 3.8) is 0 Å². The molecule has 0 aliphatic carbocycles. The maximum atomic E-state index is 12.5. The van der Waals surface area contributed by atoms with Crippen molar-refractivity contribution in [3.8, 4) is 0 Å². The quantitative estimate of drug-likeness (QED) is 0.810. The molecular formula is C11H15NO6S2. The van der Waals surface area contributed by atoms with E-state index in [4.69, 9.17) is 5.11 Å². The van der Waals surface area contributed by atoms with Crippen LogP contribution in [0.25, 0.3) is 0 Å². The van der Waals surface area contributed by atoms with Crippen LogP contribution in [0.15, 0.2) is 10.3 Å². The third kappa shape index (κ3) is 2.84. The van der Waals surface area contributed by atoms with Crippen LogP contribution in [0.5, 0.6) is 0 Å². The zero-order valence-electron chi connectivity index (χ0n) is 11.4. The van der Waals surface area contributed by atoms with E-state index < -0.39 is 28.0 Å². The highest BCUT2D eigenvalue weighted by molar-refractivity contribution is 7.89.